The first-order valence-electron chi connectivity index (χ1n) is 6.52. The zero-order chi connectivity index (χ0) is 13.9. The summed E-state index contributed by atoms with van der Waals surface area (Å²) in [6.45, 7) is 6.58. The van der Waals surface area contributed by atoms with Gasteiger partial charge < -0.3 is 10.1 Å². The van der Waals surface area contributed by atoms with Crippen LogP contribution in [0.1, 0.15) is 25.3 Å². The zero-order valence-electron chi connectivity index (χ0n) is 11.4. The number of carbonyl (C=O) groups excluding carboxylic acids is 1. The van der Waals surface area contributed by atoms with Crippen LogP contribution in [0.3, 0.4) is 0 Å². The van der Waals surface area contributed by atoms with Crippen LogP contribution in [0.15, 0.2) is 54.8 Å². The van der Waals surface area contributed by atoms with Crippen molar-refractivity contribution in [1.82, 2.24) is 5.32 Å². The molecule has 0 aliphatic heterocycles. The smallest absolute Gasteiger partial charge is 0.332 e. The first-order valence-corrected chi connectivity index (χ1v) is 6.52. The Morgan fingerprint density at radius 2 is 2.11 bits per heavy atom. The van der Waals surface area contributed by atoms with Crippen LogP contribution in [0.25, 0.3) is 0 Å². The van der Waals surface area contributed by atoms with Crippen LogP contribution in [0.2, 0.25) is 0 Å². The van der Waals surface area contributed by atoms with Crippen LogP contribution in [0, 0.1) is 0 Å². The van der Waals surface area contributed by atoms with Crippen LogP contribution in [0.4, 0.5) is 0 Å². The van der Waals surface area contributed by atoms with Gasteiger partial charge in [-0.15, -0.1) is 6.58 Å². The third kappa shape index (κ3) is 6.46. The van der Waals surface area contributed by atoms with Gasteiger partial charge in [-0.25, -0.2) is 4.79 Å². The van der Waals surface area contributed by atoms with Gasteiger partial charge in [0.2, 0.25) is 0 Å². The molecule has 0 atom stereocenters. The quantitative estimate of drug-likeness (QED) is 0.442. The van der Waals surface area contributed by atoms with E-state index in [0.717, 1.165) is 18.5 Å². The molecule has 19 heavy (non-hydrogen) atoms. The van der Waals surface area contributed by atoms with Crippen molar-refractivity contribution in [3.8, 4) is 0 Å². The Kier molecular flexibility index (Phi) is 7.10. The molecule has 1 aromatic carbocycles. The number of nitrogens with one attached hydrogen (secondary N) is 1. The van der Waals surface area contributed by atoms with Crippen molar-refractivity contribution in [3.63, 3.8) is 0 Å². The van der Waals surface area contributed by atoms with E-state index in [2.05, 4.69) is 11.9 Å². The molecule has 3 heteroatoms. The summed E-state index contributed by atoms with van der Waals surface area (Å²) in [5, 5.41) is 3.27. The number of hydrogen-bond donors (Lipinski definition) is 1. The Labute approximate surface area is 115 Å². The molecule has 0 amide bonds. The van der Waals surface area contributed by atoms with Crippen LogP contribution in [0.5, 0.6) is 0 Å². The summed E-state index contributed by atoms with van der Waals surface area (Å²) in [6, 6.07) is 10.1. The lowest BCUT2D eigenvalue weighted by molar-refractivity contribution is -0.137. The number of carbonyl (C=O) groups is 1. The average Bonchev–Trinajstić information content (AvgIpc) is 2.43. The molecular weight excluding hydrogens is 238 g/mol. The van der Waals surface area contributed by atoms with E-state index in [4.69, 9.17) is 4.74 Å². The van der Waals surface area contributed by atoms with E-state index >= 15 is 0 Å². The van der Waals surface area contributed by atoms with E-state index in [0.29, 0.717) is 13.2 Å². The standard InChI is InChI=1S/C16H21NO2/c1-3-5-11-15(12-16(18)19-4-2)17-13-14-9-7-6-8-10-14/h3,6-10,12,17H,1,4-5,11,13H2,2H3/b15-12-. The lowest BCUT2D eigenvalue weighted by Crippen LogP contribution is -2.15. The molecule has 0 saturated heterocycles. The lowest BCUT2D eigenvalue weighted by Gasteiger charge is -2.10. The second-order valence-corrected chi connectivity index (χ2v) is 4.09. The first-order chi connectivity index (χ1) is 9.26. The van der Waals surface area contributed by atoms with Gasteiger partial charge in [-0.05, 0) is 25.3 Å². The minimum atomic E-state index is -0.304. The largest absolute Gasteiger partial charge is 0.463 e. The van der Waals surface area contributed by atoms with Gasteiger partial charge in [-0.3, -0.25) is 0 Å². The molecule has 0 unspecified atom stereocenters. The number of benzene rings is 1. The first kappa shape index (κ1) is 15.0. The maximum atomic E-state index is 11.5. The molecule has 1 N–H and O–H groups in total. The Balaban J connectivity index is 2.58. The van der Waals surface area contributed by atoms with Crippen LogP contribution < -0.4 is 5.32 Å². The zero-order valence-corrected chi connectivity index (χ0v) is 11.4. The van der Waals surface area contributed by atoms with Gasteiger partial charge in [0.15, 0.2) is 0 Å². The van der Waals surface area contributed by atoms with Crippen molar-refractivity contribution < 1.29 is 9.53 Å². The second kappa shape index (κ2) is 8.97. The van der Waals surface area contributed by atoms with E-state index in [1.807, 2.05) is 36.4 Å². The third-order valence-electron chi connectivity index (χ3n) is 2.56. The Morgan fingerprint density at radius 1 is 1.37 bits per heavy atom. The predicted octanol–water partition coefficient (Wildman–Crippen LogP) is 3.19. The molecule has 1 rings (SSSR count). The predicted molar refractivity (Wildman–Crippen MR) is 77.4 cm³/mol. The number of ether oxygens (including phenoxy) is 1. The van der Waals surface area contributed by atoms with Crippen molar-refractivity contribution in [1.29, 1.82) is 0 Å². The molecule has 0 aromatic heterocycles. The molecule has 0 heterocycles. The van der Waals surface area contributed by atoms with Crippen molar-refractivity contribution in [3.05, 3.63) is 60.3 Å². The van der Waals surface area contributed by atoms with Gasteiger partial charge in [0.1, 0.15) is 0 Å². The van der Waals surface area contributed by atoms with Crippen LogP contribution in [-0.4, -0.2) is 12.6 Å². The molecule has 0 radical (unpaired) electrons. The Morgan fingerprint density at radius 3 is 2.74 bits per heavy atom. The fourth-order valence-corrected chi connectivity index (χ4v) is 1.61. The fourth-order valence-electron chi connectivity index (χ4n) is 1.61. The Hall–Kier alpha value is -2.03. The monoisotopic (exact) mass is 259 g/mol. The molecule has 0 fully saturated rings. The van der Waals surface area contributed by atoms with E-state index < -0.39 is 0 Å². The van der Waals surface area contributed by atoms with Crippen molar-refractivity contribution in [2.45, 2.75) is 26.3 Å². The second-order valence-electron chi connectivity index (χ2n) is 4.09. The molecular formula is C16H21NO2. The molecule has 0 spiro atoms. The van der Waals surface area contributed by atoms with E-state index in [1.54, 1.807) is 6.92 Å². The van der Waals surface area contributed by atoms with Gasteiger partial charge in [-0.2, -0.15) is 0 Å². The van der Waals surface area contributed by atoms with Gasteiger partial charge in [0.25, 0.3) is 0 Å². The maximum absolute atomic E-state index is 11.5. The summed E-state index contributed by atoms with van der Waals surface area (Å²) in [5.74, 6) is -0.304. The summed E-state index contributed by atoms with van der Waals surface area (Å²) in [5.41, 5.74) is 2.05. The molecule has 3 nitrogen and oxygen atoms in total. The minimum Gasteiger partial charge on any atom is -0.463 e. The minimum absolute atomic E-state index is 0.304. The van der Waals surface area contributed by atoms with Gasteiger partial charge in [0, 0.05) is 18.3 Å². The number of allylic oxidation sites excluding steroid dienone is 2. The highest BCUT2D eigenvalue weighted by Gasteiger charge is 2.02. The van der Waals surface area contributed by atoms with E-state index in [1.165, 1.54) is 11.6 Å². The normalized spacial score (nSPS) is 10.9. The highest BCUT2D eigenvalue weighted by atomic mass is 16.5. The topological polar surface area (TPSA) is 38.3 Å². The molecule has 0 bridgehead atoms. The van der Waals surface area contributed by atoms with E-state index in [-0.39, 0.29) is 5.97 Å². The van der Waals surface area contributed by atoms with Gasteiger partial charge in [0.05, 0.1) is 6.61 Å². The van der Waals surface area contributed by atoms with Crippen LogP contribution in [-0.2, 0) is 16.1 Å². The van der Waals surface area contributed by atoms with Crippen molar-refractivity contribution in [2.75, 3.05) is 6.61 Å². The molecule has 0 aliphatic carbocycles. The highest BCUT2D eigenvalue weighted by Crippen LogP contribution is 2.05. The SMILES string of the molecule is C=CCC/C(=C/C(=O)OCC)NCc1ccccc1. The highest BCUT2D eigenvalue weighted by molar-refractivity contribution is 5.82. The third-order valence-corrected chi connectivity index (χ3v) is 2.56. The molecule has 1 aromatic rings. The van der Waals surface area contributed by atoms with E-state index in [9.17, 15) is 4.79 Å². The van der Waals surface area contributed by atoms with Gasteiger partial charge >= 0.3 is 5.97 Å². The lowest BCUT2D eigenvalue weighted by atomic mass is 10.2. The summed E-state index contributed by atoms with van der Waals surface area (Å²) in [6.07, 6.45) is 4.95. The fraction of sp³-hybridized carbons (Fsp3) is 0.312. The van der Waals surface area contributed by atoms with Crippen LogP contribution >= 0.6 is 0 Å². The van der Waals surface area contributed by atoms with Crippen molar-refractivity contribution >= 4 is 5.97 Å². The molecule has 0 aliphatic rings. The summed E-state index contributed by atoms with van der Waals surface area (Å²) >= 11 is 0. The summed E-state index contributed by atoms with van der Waals surface area (Å²) in [4.78, 5) is 11.5. The summed E-state index contributed by atoms with van der Waals surface area (Å²) in [7, 11) is 0. The molecule has 0 saturated carbocycles. The Bertz CT molecular complexity index is 424. The summed E-state index contributed by atoms with van der Waals surface area (Å²) < 4.78 is 4.92. The molecule has 102 valence electrons. The maximum Gasteiger partial charge on any atom is 0.332 e. The van der Waals surface area contributed by atoms with Gasteiger partial charge in [-0.1, -0.05) is 36.4 Å². The average molecular weight is 259 g/mol. The number of esters is 1. The van der Waals surface area contributed by atoms with Crippen molar-refractivity contribution in [2.24, 2.45) is 0 Å². The number of rotatable bonds is 8. The number of hydrogen-bond acceptors (Lipinski definition) is 3.